The molecule has 2 aromatic carbocycles. The van der Waals surface area contributed by atoms with Gasteiger partial charge in [-0.1, -0.05) is 32.0 Å². The van der Waals surface area contributed by atoms with Gasteiger partial charge in [0.05, 0.1) is 11.5 Å². The Hall–Kier alpha value is -2.91. The van der Waals surface area contributed by atoms with Gasteiger partial charge in [0.15, 0.2) is 6.61 Å². The SMILES string of the molecule is CCOc1ccc(NC(=O)COC(=O)[C@H](NS(=O)(=O)c2ccccc2)C(C)C)cc1. The Balaban J connectivity index is 1.94. The van der Waals surface area contributed by atoms with Gasteiger partial charge in [-0.25, -0.2) is 8.42 Å². The number of hydrogen-bond acceptors (Lipinski definition) is 6. The lowest BCUT2D eigenvalue weighted by atomic mass is 10.1. The number of ether oxygens (including phenoxy) is 2. The van der Waals surface area contributed by atoms with E-state index >= 15 is 0 Å². The number of sulfonamides is 1. The molecule has 0 aliphatic carbocycles. The van der Waals surface area contributed by atoms with Gasteiger partial charge < -0.3 is 14.8 Å². The highest BCUT2D eigenvalue weighted by molar-refractivity contribution is 7.89. The van der Waals surface area contributed by atoms with Crippen LogP contribution in [0.3, 0.4) is 0 Å². The summed E-state index contributed by atoms with van der Waals surface area (Å²) in [6, 6.07) is 13.3. The molecule has 162 valence electrons. The van der Waals surface area contributed by atoms with E-state index < -0.39 is 34.5 Å². The van der Waals surface area contributed by atoms with Crippen LogP contribution in [0.25, 0.3) is 0 Å². The summed E-state index contributed by atoms with van der Waals surface area (Å²) < 4.78 is 37.7. The molecule has 30 heavy (non-hydrogen) atoms. The number of esters is 1. The van der Waals surface area contributed by atoms with E-state index in [0.717, 1.165) is 0 Å². The molecule has 1 amide bonds. The lowest BCUT2D eigenvalue weighted by Gasteiger charge is -2.20. The first-order valence-corrected chi connectivity index (χ1v) is 11.0. The van der Waals surface area contributed by atoms with Crippen LogP contribution in [0.15, 0.2) is 59.5 Å². The number of anilines is 1. The molecule has 2 rings (SSSR count). The molecular formula is C21H26N2O6S. The summed E-state index contributed by atoms with van der Waals surface area (Å²) in [6.45, 7) is 5.22. The molecule has 9 heteroatoms. The Labute approximate surface area is 176 Å². The number of amides is 1. The zero-order valence-corrected chi connectivity index (χ0v) is 17.9. The summed E-state index contributed by atoms with van der Waals surface area (Å²) in [5.41, 5.74) is 0.518. The maximum atomic E-state index is 12.5. The quantitative estimate of drug-likeness (QED) is 0.556. The molecule has 0 fully saturated rings. The van der Waals surface area contributed by atoms with E-state index in [0.29, 0.717) is 18.0 Å². The number of hydrogen-bond donors (Lipinski definition) is 2. The molecule has 0 saturated carbocycles. The van der Waals surface area contributed by atoms with E-state index in [1.54, 1.807) is 56.3 Å². The summed E-state index contributed by atoms with van der Waals surface area (Å²) in [5, 5.41) is 2.60. The van der Waals surface area contributed by atoms with Gasteiger partial charge in [-0.05, 0) is 49.2 Å². The maximum absolute atomic E-state index is 12.5. The predicted octanol–water partition coefficient (Wildman–Crippen LogP) is 2.57. The van der Waals surface area contributed by atoms with Gasteiger partial charge in [0, 0.05) is 5.69 Å². The molecule has 8 nitrogen and oxygen atoms in total. The van der Waals surface area contributed by atoms with Gasteiger partial charge in [-0.3, -0.25) is 9.59 Å². The second-order valence-electron chi connectivity index (χ2n) is 6.77. The highest BCUT2D eigenvalue weighted by Gasteiger charge is 2.30. The van der Waals surface area contributed by atoms with Gasteiger partial charge in [0.2, 0.25) is 10.0 Å². The van der Waals surface area contributed by atoms with Crippen LogP contribution in [-0.2, 0) is 24.3 Å². The molecule has 0 saturated heterocycles. The zero-order valence-electron chi connectivity index (χ0n) is 17.1. The van der Waals surface area contributed by atoms with Crippen LogP contribution < -0.4 is 14.8 Å². The Morgan fingerprint density at radius 1 is 1.00 bits per heavy atom. The largest absolute Gasteiger partial charge is 0.494 e. The third-order valence-corrected chi connectivity index (χ3v) is 5.51. The maximum Gasteiger partial charge on any atom is 0.324 e. The number of carbonyl (C=O) groups is 2. The highest BCUT2D eigenvalue weighted by atomic mass is 32.2. The minimum Gasteiger partial charge on any atom is -0.494 e. The Morgan fingerprint density at radius 3 is 2.20 bits per heavy atom. The predicted molar refractivity (Wildman–Crippen MR) is 113 cm³/mol. The van der Waals surface area contributed by atoms with Gasteiger partial charge in [-0.2, -0.15) is 4.72 Å². The molecule has 2 aromatic rings. The van der Waals surface area contributed by atoms with Crippen LogP contribution in [0.2, 0.25) is 0 Å². The normalized spacial score (nSPS) is 12.3. The van der Waals surface area contributed by atoms with Crippen LogP contribution >= 0.6 is 0 Å². The van der Waals surface area contributed by atoms with Crippen LogP contribution in [0.4, 0.5) is 5.69 Å². The number of benzene rings is 2. The van der Waals surface area contributed by atoms with Crippen molar-refractivity contribution in [2.75, 3.05) is 18.5 Å². The van der Waals surface area contributed by atoms with Crippen LogP contribution in [0.1, 0.15) is 20.8 Å². The number of carbonyl (C=O) groups excluding carboxylic acids is 2. The van der Waals surface area contributed by atoms with Crippen LogP contribution in [-0.4, -0.2) is 39.5 Å². The minimum atomic E-state index is -3.91. The second-order valence-corrected chi connectivity index (χ2v) is 8.48. The van der Waals surface area contributed by atoms with Crippen molar-refractivity contribution < 1.29 is 27.5 Å². The third kappa shape index (κ3) is 6.85. The molecule has 0 heterocycles. The fourth-order valence-corrected chi connectivity index (χ4v) is 3.87. The van der Waals surface area contributed by atoms with E-state index in [1.807, 2.05) is 6.92 Å². The van der Waals surface area contributed by atoms with Crippen molar-refractivity contribution in [2.45, 2.75) is 31.7 Å². The second kappa shape index (κ2) is 10.7. The standard InChI is InChI=1S/C21H26N2O6S/c1-4-28-17-12-10-16(11-13-17)22-19(24)14-29-21(25)20(15(2)3)23-30(26,27)18-8-6-5-7-9-18/h5-13,15,20,23H,4,14H2,1-3H3,(H,22,24)/t20-/m1/s1. The number of nitrogens with one attached hydrogen (secondary N) is 2. The van der Waals surface area contributed by atoms with Crippen molar-refractivity contribution in [3.05, 3.63) is 54.6 Å². The molecule has 0 bridgehead atoms. The molecule has 0 aliphatic rings. The summed E-state index contributed by atoms with van der Waals surface area (Å²) in [7, 11) is -3.91. The van der Waals surface area contributed by atoms with E-state index in [-0.39, 0.29) is 10.8 Å². The van der Waals surface area contributed by atoms with Crippen molar-refractivity contribution in [2.24, 2.45) is 5.92 Å². The summed E-state index contributed by atoms with van der Waals surface area (Å²) in [5.74, 6) is -1.08. The molecular weight excluding hydrogens is 408 g/mol. The minimum absolute atomic E-state index is 0.0386. The van der Waals surface area contributed by atoms with Crippen molar-refractivity contribution in [1.82, 2.24) is 4.72 Å². The van der Waals surface area contributed by atoms with Crippen molar-refractivity contribution in [3.63, 3.8) is 0 Å². The highest BCUT2D eigenvalue weighted by Crippen LogP contribution is 2.16. The van der Waals surface area contributed by atoms with Crippen molar-refractivity contribution in [3.8, 4) is 5.75 Å². The fraction of sp³-hybridized carbons (Fsp3) is 0.333. The summed E-state index contributed by atoms with van der Waals surface area (Å²) in [4.78, 5) is 24.5. The van der Waals surface area contributed by atoms with Gasteiger partial charge >= 0.3 is 5.97 Å². The molecule has 2 N–H and O–H groups in total. The van der Waals surface area contributed by atoms with Crippen molar-refractivity contribution >= 4 is 27.6 Å². The summed E-state index contributed by atoms with van der Waals surface area (Å²) in [6.07, 6.45) is 0. The van der Waals surface area contributed by atoms with E-state index in [9.17, 15) is 18.0 Å². The average Bonchev–Trinajstić information content (AvgIpc) is 2.72. The molecule has 0 radical (unpaired) electrons. The van der Waals surface area contributed by atoms with E-state index in [4.69, 9.17) is 9.47 Å². The average molecular weight is 435 g/mol. The molecule has 0 unspecified atom stereocenters. The Bertz CT molecular complexity index is 943. The smallest absolute Gasteiger partial charge is 0.324 e. The first-order valence-electron chi connectivity index (χ1n) is 9.49. The van der Waals surface area contributed by atoms with Gasteiger partial charge in [0.1, 0.15) is 11.8 Å². The third-order valence-electron chi connectivity index (χ3n) is 4.05. The zero-order chi connectivity index (χ0) is 22.1. The molecule has 0 aromatic heterocycles. The Kier molecular flexibility index (Phi) is 8.37. The fourth-order valence-electron chi connectivity index (χ4n) is 2.52. The Morgan fingerprint density at radius 2 is 1.63 bits per heavy atom. The van der Waals surface area contributed by atoms with E-state index in [1.165, 1.54) is 12.1 Å². The number of rotatable bonds is 10. The summed E-state index contributed by atoms with van der Waals surface area (Å²) >= 11 is 0. The molecule has 0 aliphatic heterocycles. The van der Waals surface area contributed by atoms with Crippen molar-refractivity contribution in [1.29, 1.82) is 0 Å². The molecule has 0 spiro atoms. The monoisotopic (exact) mass is 434 g/mol. The lowest BCUT2D eigenvalue weighted by molar-refractivity contribution is -0.150. The van der Waals surface area contributed by atoms with E-state index in [2.05, 4.69) is 10.0 Å². The van der Waals surface area contributed by atoms with Gasteiger partial charge in [-0.15, -0.1) is 0 Å². The first kappa shape index (κ1) is 23.4. The van der Waals surface area contributed by atoms with Gasteiger partial charge in [0.25, 0.3) is 5.91 Å². The molecule has 1 atom stereocenters. The topological polar surface area (TPSA) is 111 Å². The van der Waals surface area contributed by atoms with Crippen LogP contribution in [0.5, 0.6) is 5.75 Å². The first-order chi connectivity index (χ1) is 14.2. The van der Waals surface area contributed by atoms with Crippen LogP contribution in [0, 0.1) is 5.92 Å². The lowest BCUT2D eigenvalue weighted by Crippen LogP contribution is -2.45.